The lowest BCUT2D eigenvalue weighted by Gasteiger charge is -2.48. The van der Waals surface area contributed by atoms with Crippen LogP contribution in [0.1, 0.15) is 37.3 Å². The van der Waals surface area contributed by atoms with Crippen LogP contribution in [-0.4, -0.2) is 77.2 Å². The van der Waals surface area contributed by atoms with E-state index in [9.17, 15) is 48.0 Å². The lowest BCUT2D eigenvalue weighted by Crippen LogP contribution is -2.59. The summed E-state index contributed by atoms with van der Waals surface area (Å²) in [5.74, 6) is -1.61. The topological polar surface area (TPSA) is 91.8 Å². The van der Waals surface area contributed by atoms with Crippen molar-refractivity contribution in [1.82, 2.24) is 4.90 Å². The molecule has 3 heterocycles. The van der Waals surface area contributed by atoms with E-state index in [-0.39, 0.29) is 66.5 Å². The van der Waals surface area contributed by atoms with Gasteiger partial charge in [0, 0.05) is 36.8 Å². The smallest absolute Gasteiger partial charge is 0.369 e. The van der Waals surface area contributed by atoms with Gasteiger partial charge < -0.3 is 9.80 Å². The first-order chi connectivity index (χ1) is 20.3. The highest BCUT2D eigenvalue weighted by atomic mass is 32.2. The predicted molar refractivity (Wildman–Crippen MR) is 146 cm³/mol. The van der Waals surface area contributed by atoms with Gasteiger partial charge in [-0.15, -0.1) is 0 Å². The van der Waals surface area contributed by atoms with Gasteiger partial charge in [0.1, 0.15) is 14.6 Å². The summed E-state index contributed by atoms with van der Waals surface area (Å²) < 4.78 is 148. The number of nitrogens with zero attached hydrogens (tertiary/aromatic N) is 2. The average molecular weight is 671 g/mol. The molecule has 0 aliphatic carbocycles. The normalized spacial score (nSPS) is 24.6. The van der Waals surface area contributed by atoms with Gasteiger partial charge in [-0.05, 0) is 49.9 Å². The molecular formula is C28H29F7N2O5S2. The van der Waals surface area contributed by atoms with Crippen molar-refractivity contribution < 1.29 is 52.4 Å². The zero-order chi connectivity index (χ0) is 32.5. The van der Waals surface area contributed by atoms with Gasteiger partial charge in [0.25, 0.3) is 0 Å². The summed E-state index contributed by atoms with van der Waals surface area (Å²) >= 11 is 0. The Hall–Kier alpha value is -2.88. The Balaban J connectivity index is 1.71. The SMILES string of the molecule is CCN1CC2N(C(=O)C3CCS(=O)(=O)CC3)CCC2(S(=O)(=O)c2ccccc2)c2ccc(C(F)(C(F)(F)F)C(F)(F)F)cc21. The lowest BCUT2D eigenvalue weighted by atomic mass is 9.82. The molecule has 16 heteroatoms. The highest BCUT2D eigenvalue weighted by Gasteiger charge is 2.74. The molecule has 3 aliphatic rings. The van der Waals surface area contributed by atoms with Crippen molar-refractivity contribution in [2.45, 2.75) is 59.9 Å². The van der Waals surface area contributed by atoms with E-state index in [0.29, 0.717) is 12.1 Å². The van der Waals surface area contributed by atoms with E-state index in [0.717, 1.165) is 6.07 Å². The number of carbonyl (C=O) groups excluding carboxylic acids is 1. The van der Waals surface area contributed by atoms with Crippen LogP contribution in [0.15, 0.2) is 53.4 Å². The monoisotopic (exact) mass is 670 g/mol. The number of likely N-dealkylation sites (N-methyl/N-ethyl adjacent to an activating group) is 1. The molecule has 2 atom stereocenters. The number of benzene rings is 2. The van der Waals surface area contributed by atoms with E-state index in [2.05, 4.69) is 0 Å². The number of likely N-dealkylation sites (tertiary alicyclic amines) is 1. The average Bonchev–Trinajstić information content (AvgIpc) is 3.36. The Kier molecular flexibility index (Phi) is 7.83. The van der Waals surface area contributed by atoms with Crippen LogP contribution in [0.5, 0.6) is 0 Å². The van der Waals surface area contributed by atoms with E-state index in [1.807, 2.05) is 0 Å². The maximum absolute atomic E-state index is 15.1. The highest BCUT2D eigenvalue weighted by Crippen LogP contribution is 2.57. The largest absolute Gasteiger partial charge is 0.435 e. The van der Waals surface area contributed by atoms with Gasteiger partial charge in [-0.3, -0.25) is 4.79 Å². The molecule has 44 heavy (non-hydrogen) atoms. The van der Waals surface area contributed by atoms with E-state index in [4.69, 9.17) is 0 Å². The molecule has 3 aliphatic heterocycles. The minimum atomic E-state index is -6.37. The maximum Gasteiger partial charge on any atom is 0.435 e. The number of hydrogen-bond acceptors (Lipinski definition) is 6. The Morgan fingerprint density at radius 3 is 2.09 bits per heavy atom. The standard InChI is InChI=1S/C28H29F7N2O5S2/c1-2-36-17-23-25(44(41,42)20-6-4-3-5-7-20,12-13-37(23)24(38)18-10-14-43(39,40)15-11-18)21-9-8-19(16-22(21)36)26(29,27(30,31)32)28(33,34)35/h3-9,16,18,23H,2,10-15,17H2,1H3. The lowest BCUT2D eigenvalue weighted by molar-refractivity contribution is -0.348. The Bertz CT molecular complexity index is 1640. The van der Waals surface area contributed by atoms with E-state index in [1.165, 1.54) is 34.1 Å². The number of fused-ring (bicyclic) bond motifs is 3. The second-order valence-corrected chi connectivity index (χ2v) is 15.9. The zero-order valence-corrected chi connectivity index (χ0v) is 25.0. The number of alkyl halides is 7. The zero-order valence-electron chi connectivity index (χ0n) is 23.3. The molecule has 2 saturated heterocycles. The molecule has 0 saturated carbocycles. The second-order valence-electron chi connectivity index (χ2n) is 11.4. The van der Waals surface area contributed by atoms with Gasteiger partial charge >= 0.3 is 18.0 Å². The minimum absolute atomic E-state index is 0.0184. The van der Waals surface area contributed by atoms with Gasteiger partial charge in [-0.25, -0.2) is 21.2 Å². The fourth-order valence-electron chi connectivity index (χ4n) is 6.78. The first-order valence-corrected chi connectivity index (χ1v) is 17.1. The number of halogens is 7. The molecule has 5 rings (SSSR count). The Morgan fingerprint density at radius 2 is 1.55 bits per heavy atom. The van der Waals surface area contributed by atoms with Crippen LogP contribution >= 0.6 is 0 Å². The minimum Gasteiger partial charge on any atom is -0.369 e. The molecule has 2 aromatic rings. The molecule has 0 spiro atoms. The molecule has 1 amide bonds. The van der Waals surface area contributed by atoms with Gasteiger partial charge in [-0.2, -0.15) is 26.3 Å². The van der Waals surface area contributed by atoms with Crippen molar-refractivity contribution in [3.8, 4) is 0 Å². The van der Waals surface area contributed by atoms with Crippen LogP contribution < -0.4 is 4.90 Å². The fourth-order valence-corrected chi connectivity index (χ4v) is 10.6. The van der Waals surface area contributed by atoms with Crippen LogP contribution in [0.2, 0.25) is 0 Å². The summed E-state index contributed by atoms with van der Waals surface area (Å²) in [6.07, 6.45) is -12.9. The summed E-state index contributed by atoms with van der Waals surface area (Å²) in [6.45, 7) is 1.12. The van der Waals surface area contributed by atoms with Gasteiger partial charge in [0.05, 0.1) is 22.4 Å². The summed E-state index contributed by atoms with van der Waals surface area (Å²) in [7, 11) is -7.80. The van der Waals surface area contributed by atoms with Crippen molar-refractivity contribution in [3.05, 3.63) is 59.7 Å². The van der Waals surface area contributed by atoms with Crippen LogP contribution in [0, 0.1) is 5.92 Å². The van der Waals surface area contributed by atoms with Crippen LogP contribution in [0.4, 0.5) is 36.4 Å². The quantitative estimate of drug-likeness (QED) is 0.420. The molecule has 242 valence electrons. The van der Waals surface area contributed by atoms with E-state index >= 15 is 4.39 Å². The molecule has 2 fully saturated rings. The number of anilines is 1. The molecule has 0 bridgehead atoms. The summed E-state index contributed by atoms with van der Waals surface area (Å²) in [6, 6.07) is 7.47. The Labute approximate surface area is 249 Å². The molecule has 7 nitrogen and oxygen atoms in total. The highest BCUT2D eigenvalue weighted by molar-refractivity contribution is 7.92. The third kappa shape index (κ3) is 4.77. The number of hydrogen-bond donors (Lipinski definition) is 0. The fraction of sp³-hybridized carbons (Fsp3) is 0.536. The molecular weight excluding hydrogens is 641 g/mol. The summed E-state index contributed by atoms with van der Waals surface area (Å²) in [5.41, 5.74) is -7.92. The number of amides is 1. The van der Waals surface area contributed by atoms with Crippen LogP contribution in [-0.2, 0) is 34.9 Å². The first kappa shape index (κ1) is 32.5. The summed E-state index contributed by atoms with van der Waals surface area (Å²) in [5, 5.41) is 0. The van der Waals surface area contributed by atoms with Gasteiger partial charge in [0.2, 0.25) is 5.91 Å². The number of rotatable bonds is 5. The van der Waals surface area contributed by atoms with Crippen LogP contribution in [0.25, 0.3) is 0 Å². The van der Waals surface area contributed by atoms with Crippen molar-refractivity contribution in [3.63, 3.8) is 0 Å². The number of carbonyl (C=O) groups is 1. The number of sulfone groups is 2. The van der Waals surface area contributed by atoms with E-state index < -0.39 is 65.9 Å². The predicted octanol–water partition coefficient (Wildman–Crippen LogP) is 4.91. The van der Waals surface area contributed by atoms with E-state index in [1.54, 1.807) is 13.0 Å². The molecule has 2 unspecified atom stereocenters. The molecule has 0 radical (unpaired) electrons. The Morgan fingerprint density at radius 1 is 0.955 bits per heavy atom. The van der Waals surface area contributed by atoms with Crippen molar-refractivity contribution in [1.29, 1.82) is 0 Å². The van der Waals surface area contributed by atoms with Gasteiger partial charge in [-0.1, -0.05) is 30.3 Å². The molecule has 0 N–H and O–H groups in total. The third-order valence-electron chi connectivity index (χ3n) is 9.11. The van der Waals surface area contributed by atoms with Gasteiger partial charge in [0.15, 0.2) is 9.84 Å². The van der Waals surface area contributed by atoms with Crippen LogP contribution in [0.3, 0.4) is 0 Å². The van der Waals surface area contributed by atoms with Crippen molar-refractivity contribution in [2.24, 2.45) is 5.92 Å². The molecule has 0 aromatic heterocycles. The summed E-state index contributed by atoms with van der Waals surface area (Å²) in [4.78, 5) is 16.3. The maximum atomic E-state index is 15.1. The van der Waals surface area contributed by atoms with Crippen molar-refractivity contribution >= 4 is 31.3 Å². The third-order valence-corrected chi connectivity index (χ3v) is 13.4. The van der Waals surface area contributed by atoms with Crippen molar-refractivity contribution in [2.75, 3.05) is 36.0 Å². The first-order valence-electron chi connectivity index (χ1n) is 13.8. The second kappa shape index (κ2) is 10.6. The molecule has 2 aromatic carbocycles.